The van der Waals surface area contributed by atoms with Crippen LogP contribution in [0, 0.1) is 0 Å². The molecule has 100 valence electrons. The van der Waals surface area contributed by atoms with Crippen LogP contribution in [0.3, 0.4) is 0 Å². The maximum Gasteiger partial charge on any atom is 0.127 e. The lowest BCUT2D eigenvalue weighted by atomic mass is 10.2. The third-order valence-electron chi connectivity index (χ3n) is 2.82. The molecule has 0 bridgehead atoms. The number of benzene rings is 1. The first-order valence-electron chi connectivity index (χ1n) is 6.39. The molecule has 0 atom stereocenters. The Morgan fingerprint density at radius 1 is 1.26 bits per heavy atom. The van der Waals surface area contributed by atoms with Crippen LogP contribution < -0.4 is 10.1 Å². The minimum atomic E-state index is 0.516. The van der Waals surface area contributed by atoms with Gasteiger partial charge in [0.05, 0.1) is 12.8 Å². The molecule has 0 aliphatic heterocycles. The van der Waals surface area contributed by atoms with Crippen LogP contribution in [0.25, 0.3) is 6.08 Å². The van der Waals surface area contributed by atoms with E-state index in [4.69, 9.17) is 9.15 Å². The third kappa shape index (κ3) is 3.48. The topological polar surface area (TPSA) is 34.4 Å². The maximum absolute atomic E-state index is 5.88. The van der Waals surface area contributed by atoms with Crippen LogP contribution >= 0.6 is 0 Å². The van der Waals surface area contributed by atoms with E-state index in [1.54, 1.807) is 6.26 Å². The Bertz CT molecular complexity index is 543. The van der Waals surface area contributed by atoms with Gasteiger partial charge in [-0.25, -0.2) is 0 Å². The van der Waals surface area contributed by atoms with Crippen molar-refractivity contribution >= 4 is 6.08 Å². The van der Waals surface area contributed by atoms with E-state index >= 15 is 0 Å². The van der Waals surface area contributed by atoms with E-state index < -0.39 is 0 Å². The Balaban J connectivity index is 2.08. The monoisotopic (exact) mass is 257 g/mol. The average molecular weight is 257 g/mol. The molecule has 1 heterocycles. The normalized spacial score (nSPS) is 11.1. The first kappa shape index (κ1) is 13.4. The van der Waals surface area contributed by atoms with Crippen molar-refractivity contribution in [1.82, 2.24) is 5.32 Å². The molecule has 0 spiro atoms. The first-order chi connectivity index (χ1) is 9.35. The molecule has 1 N–H and O–H groups in total. The Hall–Kier alpha value is -2.00. The predicted molar refractivity (Wildman–Crippen MR) is 77.0 cm³/mol. The molecule has 3 heteroatoms. The molecule has 0 aliphatic carbocycles. The van der Waals surface area contributed by atoms with Crippen molar-refractivity contribution in [2.24, 2.45) is 0 Å². The molecule has 0 saturated heterocycles. The second-order valence-electron chi connectivity index (χ2n) is 4.23. The number of hydrogen-bond acceptors (Lipinski definition) is 3. The zero-order chi connectivity index (χ0) is 13.5. The van der Waals surface area contributed by atoms with Crippen LogP contribution in [0.15, 0.2) is 47.1 Å². The van der Waals surface area contributed by atoms with Crippen LogP contribution in [-0.4, -0.2) is 7.05 Å². The number of para-hydroxylation sites is 1. The van der Waals surface area contributed by atoms with E-state index in [9.17, 15) is 0 Å². The summed E-state index contributed by atoms with van der Waals surface area (Å²) in [5.74, 6) is 1.81. The summed E-state index contributed by atoms with van der Waals surface area (Å²) in [4.78, 5) is 0. The van der Waals surface area contributed by atoms with Gasteiger partial charge < -0.3 is 14.5 Å². The summed E-state index contributed by atoms with van der Waals surface area (Å²) in [5, 5.41) is 3.08. The van der Waals surface area contributed by atoms with Crippen molar-refractivity contribution in [2.45, 2.75) is 20.1 Å². The van der Waals surface area contributed by atoms with Crippen LogP contribution in [0.4, 0.5) is 0 Å². The highest BCUT2D eigenvalue weighted by atomic mass is 16.5. The van der Waals surface area contributed by atoms with Crippen molar-refractivity contribution in [2.75, 3.05) is 7.05 Å². The lowest BCUT2D eigenvalue weighted by Crippen LogP contribution is -2.07. The molecule has 1 aromatic carbocycles. The standard InChI is InChI=1S/C16H19NO2/c1-3-6-13-7-4-5-8-15(13)19-12-14-9-10-18-16(14)11-17-2/h3-10,17H,11-12H2,1-2H3. The largest absolute Gasteiger partial charge is 0.488 e. The van der Waals surface area contributed by atoms with Gasteiger partial charge in [0.1, 0.15) is 18.1 Å². The van der Waals surface area contributed by atoms with Crippen molar-refractivity contribution in [3.63, 3.8) is 0 Å². The van der Waals surface area contributed by atoms with Crippen LogP contribution in [0.5, 0.6) is 5.75 Å². The summed E-state index contributed by atoms with van der Waals surface area (Å²) in [6.45, 7) is 3.22. The van der Waals surface area contributed by atoms with Gasteiger partial charge >= 0.3 is 0 Å². The Morgan fingerprint density at radius 3 is 2.89 bits per heavy atom. The van der Waals surface area contributed by atoms with Gasteiger partial charge in [0.25, 0.3) is 0 Å². The molecule has 0 aliphatic rings. The lowest BCUT2D eigenvalue weighted by molar-refractivity contribution is 0.301. The molecular formula is C16H19NO2. The van der Waals surface area contributed by atoms with Crippen molar-refractivity contribution < 1.29 is 9.15 Å². The molecule has 0 saturated carbocycles. The molecule has 3 nitrogen and oxygen atoms in total. The van der Waals surface area contributed by atoms with E-state index in [0.29, 0.717) is 13.2 Å². The fraction of sp³-hybridized carbons (Fsp3) is 0.250. The van der Waals surface area contributed by atoms with Gasteiger partial charge in [-0.1, -0.05) is 30.4 Å². The summed E-state index contributed by atoms with van der Waals surface area (Å²) in [7, 11) is 1.90. The van der Waals surface area contributed by atoms with Crippen LogP contribution in [0.1, 0.15) is 23.8 Å². The van der Waals surface area contributed by atoms with E-state index in [2.05, 4.69) is 5.32 Å². The number of ether oxygens (including phenoxy) is 1. The SMILES string of the molecule is CC=Cc1ccccc1OCc1ccoc1CNC. The quantitative estimate of drug-likeness (QED) is 0.858. The van der Waals surface area contributed by atoms with Gasteiger partial charge in [-0.3, -0.25) is 0 Å². The number of allylic oxidation sites excluding steroid dienone is 1. The zero-order valence-corrected chi connectivity index (χ0v) is 11.3. The molecule has 0 amide bonds. The number of nitrogens with one attached hydrogen (secondary N) is 1. The molecule has 2 aromatic rings. The fourth-order valence-corrected chi connectivity index (χ4v) is 1.90. The van der Waals surface area contributed by atoms with Gasteiger partial charge in [0.2, 0.25) is 0 Å². The zero-order valence-electron chi connectivity index (χ0n) is 11.3. The number of furan rings is 1. The number of rotatable bonds is 6. The van der Waals surface area contributed by atoms with Crippen LogP contribution in [0.2, 0.25) is 0 Å². The van der Waals surface area contributed by atoms with Crippen LogP contribution in [-0.2, 0) is 13.2 Å². The third-order valence-corrected chi connectivity index (χ3v) is 2.82. The highest BCUT2D eigenvalue weighted by molar-refractivity contribution is 5.56. The van der Waals surface area contributed by atoms with Crippen molar-refractivity contribution in [1.29, 1.82) is 0 Å². The van der Waals surface area contributed by atoms with E-state index in [1.807, 2.05) is 56.5 Å². The van der Waals surface area contributed by atoms with Gasteiger partial charge in [-0.15, -0.1) is 0 Å². The molecule has 1 aromatic heterocycles. The molecular weight excluding hydrogens is 238 g/mol. The van der Waals surface area contributed by atoms with E-state index in [-0.39, 0.29) is 0 Å². The molecule has 19 heavy (non-hydrogen) atoms. The second kappa shape index (κ2) is 6.81. The molecule has 0 unspecified atom stereocenters. The minimum Gasteiger partial charge on any atom is -0.488 e. The highest BCUT2D eigenvalue weighted by Crippen LogP contribution is 2.21. The fourth-order valence-electron chi connectivity index (χ4n) is 1.90. The maximum atomic E-state index is 5.88. The highest BCUT2D eigenvalue weighted by Gasteiger charge is 2.07. The van der Waals surface area contributed by atoms with Gasteiger partial charge in [-0.2, -0.15) is 0 Å². The summed E-state index contributed by atoms with van der Waals surface area (Å²) in [5.41, 5.74) is 2.16. The smallest absolute Gasteiger partial charge is 0.127 e. The Morgan fingerprint density at radius 2 is 2.11 bits per heavy atom. The van der Waals surface area contributed by atoms with Crippen molar-refractivity contribution in [3.8, 4) is 5.75 Å². The summed E-state index contributed by atoms with van der Waals surface area (Å²) < 4.78 is 11.3. The summed E-state index contributed by atoms with van der Waals surface area (Å²) >= 11 is 0. The van der Waals surface area contributed by atoms with E-state index in [0.717, 1.165) is 22.6 Å². The average Bonchev–Trinajstić information content (AvgIpc) is 2.86. The van der Waals surface area contributed by atoms with Gasteiger partial charge in [0, 0.05) is 11.1 Å². The first-order valence-corrected chi connectivity index (χ1v) is 6.39. The minimum absolute atomic E-state index is 0.516. The van der Waals surface area contributed by atoms with E-state index in [1.165, 1.54) is 0 Å². The predicted octanol–water partition coefficient (Wildman–Crippen LogP) is 3.61. The van der Waals surface area contributed by atoms with Gasteiger partial charge in [0.15, 0.2) is 0 Å². The Labute approximate surface area is 113 Å². The molecule has 0 radical (unpaired) electrons. The molecule has 0 fully saturated rings. The lowest BCUT2D eigenvalue weighted by Gasteiger charge is -2.09. The number of hydrogen-bond donors (Lipinski definition) is 1. The summed E-state index contributed by atoms with van der Waals surface area (Å²) in [6.07, 6.45) is 5.74. The van der Waals surface area contributed by atoms with Crippen molar-refractivity contribution in [3.05, 3.63) is 59.6 Å². The Kier molecular flexibility index (Phi) is 4.81. The second-order valence-corrected chi connectivity index (χ2v) is 4.23. The molecule has 2 rings (SSSR count). The summed E-state index contributed by atoms with van der Waals surface area (Å²) in [6, 6.07) is 9.95. The van der Waals surface area contributed by atoms with Gasteiger partial charge in [-0.05, 0) is 26.1 Å².